The van der Waals surface area contributed by atoms with Crippen LogP contribution in [0.4, 0.5) is 0 Å². The first-order valence-electron chi connectivity index (χ1n) is 9.76. The molecule has 1 aliphatic rings. The Kier molecular flexibility index (Phi) is 6.20. The van der Waals surface area contributed by atoms with E-state index in [1.54, 1.807) is 0 Å². The Balaban J connectivity index is 1.52. The van der Waals surface area contributed by atoms with E-state index < -0.39 is 0 Å². The number of fused-ring (bicyclic) bond motifs is 3. The molecule has 0 atom stereocenters. The van der Waals surface area contributed by atoms with Crippen LogP contribution in [-0.2, 0) is 17.6 Å². The van der Waals surface area contributed by atoms with Crippen molar-refractivity contribution in [1.82, 2.24) is 10.2 Å². The highest BCUT2D eigenvalue weighted by Crippen LogP contribution is 2.33. The van der Waals surface area contributed by atoms with Gasteiger partial charge in [-0.1, -0.05) is 6.92 Å². The fraction of sp³-hybridized carbons (Fsp3) is 0.571. The lowest BCUT2D eigenvalue weighted by molar-refractivity contribution is -0.123. The van der Waals surface area contributed by atoms with E-state index in [0.717, 1.165) is 48.4 Å². The minimum absolute atomic E-state index is 0.0410. The van der Waals surface area contributed by atoms with Crippen LogP contribution < -0.4 is 10.1 Å². The summed E-state index contributed by atoms with van der Waals surface area (Å²) in [7, 11) is 0. The highest BCUT2D eigenvalue weighted by Gasteiger charge is 2.18. The molecule has 3 rings (SSSR count). The molecule has 0 fully saturated rings. The van der Waals surface area contributed by atoms with Gasteiger partial charge < -0.3 is 14.5 Å². The van der Waals surface area contributed by atoms with Crippen LogP contribution in [0.3, 0.4) is 0 Å². The van der Waals surface area contributed by atoms with Gasteiger partial charge in [-0.15, -0.1) is 0 Å². The number of furan rings is 1. The number of ether oxygens (including phenoxy) is 1. The van der Waals surface area contributed by atoms with E-state index in [9.17, 15) is 4.79 Å². The van der Waals surface area contributed by atoms with Crippen molar-refractivity contribution in [2.75, 3.05) is 26.2 Å². The van der Waals surface area contributed by atoms with Crippen molar-refractivity contribution in [2.45, 2.75) is 52.5 Å². The predicted octanol–water partition coefficient (Wildman–Crippen LogP) is 3.54. The third kappa shape index (κ3) is 4.39. The van der Waals surface area contributed by atoms with Gasteiger partial charge >= 0.3 is 0 Å². The number of amides is 1. The molecule has 0 radical (unpaired) electrons. The molecule has 1 aromatic heterocycles. The fourth-order valence-electron chi connectivity index (χ4n) is 3.65. The Labute approximate surface area is 155 Å². The van der Waals surface area contributed by atoms with Crippen molar-refractivity contribution in [3.8, 4) is 5.75 Å². The van der Waals surface area contributed by atoms with Crippen molar-refractivity contribution in [3.05, 3.63) is 29.5 Å². The zero-order valence-electron chi connectivity index (χ0n) is 16.1. The minimum Gasteiger partial charge on any atom is -0.484 e. The summed E-state index contributed by atoms with van der Waals surface area (Å²) in [6, 6.07) is 6.32. The minimum atomic E-state index is -0.0841. The predicted molar refractivity (Wildman–Crippen MR) is 104 cm³/mol. The molecule has 0 bridgehead atoms. The molecule has 1 N–H and O–H groups in total. The van der Waals surface area contributed by atoms with Crippen LogP contribution in [-0.4, -0.2) is 43.1 Å². The zero-order valence-corrected chi connectivity index (χ0v) is 16.1. The van der Waals surface area contributed by atoms with Crippen molar-refractivity contribution >= 4 is 16.9 Å². The van der Waals surface area contributed by atoms with Crippen LogP contribution in [0, 0.1) is 0 Å². The van der Waals surface area contributed by atoms with Crippen LogP contribution >= 0.6 is 0 Å². The molecule has 5 nitrogen and oxygen atoms in total. The SMILES string of the molecule is CCN(CCNC(=O)COc1ccc2oc3c(c2c1)CCCC3)C(C)C. The second kappa shape index (κ2) is 8.58. The van der Waals surface area contributed by atoms with Crippen molar-refractivity contribution in [2.24, 2.45) is 0 Å². The fourth-order valence-corrected chi connectivity index (χ4v) is 3.65. The lowest BCUT2D eigenvalue weighted by Crippen LogP contribution is -2.39. The zero-order chi connectivity index (χ0) is 18.5. The molecule has 0 aliphatic heterocycles. The summed E-state index contributed by atoms with van der Waals surface area (Å²) >= 11 is 0. The first kappa shape index (κ1) is 18.8. The summed E-state index contributed by atoms with van der Waals surface area (Å²) in [5.41, 5.74) is 2.23. The average molecular weight is 358 g/mol. The third-order valence-electron chi connectivity index (χ3n) is 5.15. The highest BCUT2D eigenvalue weighted by molar-refractivity contribution is 5.84. The molecule has 142 valence electrons. The van der Waals surface area contributed by atoms with Crippen LogP contribution in [0.25, 0.3) is 11.0 Å². The van der Waals surface area contributed by atoms with Crippen LogP contribution in [0.2, 0.25) is 0 Å². The smallest absolute Gasteiger partial charge is 0.257 e. The molecule has 1 heterocycles. The summed E-state index contributed by atoms with van der Waals surface area (Å²) < 4.78 is 11.6. The van der Waals surface area contributed by atoms with E-state index in [2.05, 4.69) is 31.0 Å². The molecule has 26 heavy (non-hydrogen) atoms. The van der Waals surface area contributed by atoms with Gasteiger partial charge in [-0.05, 0) is 57.9 Å². The number of carbonyl (C=O) groups excluding carboxylic acids is 1. The van der Waals surface area contributed by atoms with E-state index in [1.165, 1.54) is 18.4 Å². The third-order valence-corrected chi connectivity index (χ3v) is 5.15. The van der Waals surface area contributed by atoms with Gasteiger partial charge in [0.05, 0.1) is 0 Å². The number of nitrogens with one attached hydrogen (secondary N) is 1. The molecule has 2 aromatic rings. The van der Waals surface area contributed by atoms with Gasteiger partial charge in [0.2, 0.25) is 0 Å². The summed E-state index contributed by atoms with van der Waals surface area (Å²) in [5, 5.41) is 4.06. The van der Waals surface area contributed by atoms with Crippen molar-refractivity contribution in [1.29, 1.82) is 0 Å². The number of hydrogen-bond acceptors (Lipinski definition) is 4. The second-order valence-corrected chi connectivity index (χ2v) is 7.23. The van der Waals surface area contributed by atoms with E-state index in [0.29, 0.717) is 12.6 Å². The highest BCUT2D eigenvalue weighted by atomic mass is 16.5. The van der Waals surface area contributed by atoms with Gasteiger partial charge in [0.25, 0.3) is 5.91 Å². The number of hydrogen-bond donors (Lipinski definition) is 1. The summed E-state index contributed by atoms with van der Waals surface area (Å²) in [6.45, 7) is 8.99. The molecule has 0 spiro atoms. The Bertz CT molecular complexity index is 751. The molecular weight excluding hydrogens is 328 g/mol. The van der Waals surface area contributed by atoms with Crippen LogP contribution in [0.1, 0.15) is 44.9 Å². The van der Waals surface area contributed by atoms with Gasteiger partial charge in [-0.25, -0.2) is 0 Å². The summed E-state index contributed by atoms with van der Waals surface area (Å²) in [4.78, 5) is 14.3. The van der Waals surface area contributed by atoms with Gasteiger partial charge in [0.1, 0.15) is 17.1 Å². The molecule has 0 saturated heterocycles. The largest absolute Gasteiger partial charge is 0.484 e. The number of rotatable bonds is 8. The molecule has 0 unspecified atom stereocenters. The van der Waals surface area contributed by atoms with Crippen molar-refractivity contribution < 1.29 is 13.9 Å². The second-order valence-electron chi connectivity index (χ2n) is 7.23. The summed E-state index contributed by atoms with van der Waals surface area (Å²) in [6.07, 6.45) is 4.49. The lowest BCUT2D eigenvalue weighted by atomic mass is 9.96. The van der Waals surface area contributed by atoms with Crippen LogP contribution in [0.15, 0.2) is 22.6 Å². The Hall–Kier alpha value is -2.01. The first-order valence-corrected chi connectivity index (χ1v) is 9.76. The monoisotopic (exact) mass is 358 g/mol. The molecule has 1 aromatic carbocycles. The van der Waals surface area contributed by atoms with Gasteiger partial charge in [-0.3, -0.25) is 9.69 Å². The number of likely N-dealkylation sites (N-methyl/N-ethyl adjacent to an activating group) is 1. The number of nitrogens with zero attached hydrogens (tertiary/aromatic N) is 1. The van der Waals surface area contributed by atoms with Crippen molar-refractivity contribution in [3.63, 3.8) is 0 Å². The maximum atomic E-state index is 12.0. The maximum absolute atomic E-state index is 12.0. The molecular formula is C21H30N2O3. The van der Waals surface area contributed by atoms with Crippen LogP contribution in [0.5, 0.6) is 5.75 Å². The first-order chi connectivity index (χ1) is 12.6. The Morgan fingerprint density at radius 2 is 2.12 bits per heavy atom. The van der Waals surface area contributed by atoms with E-state index in [-0.39, 0.29) is 12.5 Å². The number of carbonyl (C=O) groups is 1. The normalized spacial score (nSPS) is 14.0. The standard InChI is InChI=1S/C21H30N2O3/c1-4-23(15(2)3)12-11-22-21(24)14-25-16-9-10-20-18(13-16)17-7-5-6-8-19(17)26-20/h9-10,13,15H,4-8,11-12,14H2,1-3H3,(H,22,24). The van der Waals surface area contributed by atoms with E-state index in [1.807, 2.05) is 18.2 Å². The van der Waals surface area contributed by atoms with E-state index >= 15 is 0 Å². The summed E-state index contributed by atoms with van der Waals surface area (Å²) in [5.74, 6) is 1.75. The number of aryl methyl sites for hydroxylation is 2. The quantitative estimate of drug-likeness (QED) is 0.784. The average Bonchev–Trinajstić information content (AvgIpc) is 3.01. The Morgan fingerprint density at radius 1 is 1.31 bits per heavy atom. The molecule has 5 heteroatoms. The van der Waals surface area contributed by atoms with Gasteiger partial charge in [0, 0.05) is 36.5 Å². The van der Waals surface area contributed by atoms with E-state index in [4.69, 9.17) is 9.15 Å². The van der Waals surface area contributed by atoms with Gasteiger partial charge in [0.15, 0.2) is 6.61 Å². The molecule has 0 saturated carbocycles. The maximum Gasteiger partial charge on any atom is 0.257 e. The molecule has 1 aliphatic carbocycles. The topological polar surface area (TPSA) is 54.7 Å². The number of benzene rings is 1. The van der Waals surface area contributed by atoms with Gasteiger partial charge in [-0.2, -0.15) is 0 Å². The Morgan fingerprint density at radius 3 is 2.88 bits per heavy atom. The lowest BCUT2D eigenvalue weighted by Gasteiger charge is -2.24. The molecule has 1 amide bonds.